The normalized spacial score (nSPS) is 12.2. The van der Waals surface area contributed by atoms with Gasteiger partial charge in [-0.3, -0.25) is 4.79 Å². The second kappa shape index (κ2) is 6.10. The van der Waals surface area contributed by atoms with Crippen LogP contribution in [-0.2, 0) is 11.3 Å². The molecule has 0 aliphatic rings. The number of nitrogens with one attached hydrogen (secondary N) is 1. The van der Waals surface area contributed by atoms with Crippen LogP contribution in [0.3, 0.4) is 0 Å². The highest BCUT2D eigenvalue weighted by atomic mass is 35.5. The number of hydrogen-bond donors (Lipinski definition) is 2. The van der Waals surface area contributed by atoms with Crippen molar-refractivity contribution in [3.8, 4) is 5.75 Å². The van der Waals surface area contributed by atoms with Gasteiger partial charge in [0, 0.05) is 17.1 Å². The quantitative estimate of drug-likeness (QED) is 0.869. The number of rotatable bonds is 5. The average molecular weight is 278 g/mol. The second-order valence-electron chi connectivity index (χ2n) is 3.52. The molecule has 1 aromatic carbocycles. The third-order valence-electron chi connectivity index (χ3n) is 2.26. The van der Waals surface area contributed by atoms with Crippen LogP contribution in [-0.4, -0.2) is 24.2 Å². The molecular weight excluding hydrogens is 265 g/mol. The van der Waals surface area contributed by atoms with Gasteiger partial charge in [-0.05, 0) is 19.1 Å². The SMILES string of the molecule is COc1c(Cl)cc(Cl)cc1CNC(C)C(=O)O. The van der Waals surface area contributed by atoms with Crippen molar-refractivity contribution < 1.29 is 14.6 Å². The van der Waals surface area contributed by atoms with Gasteiger partial charge < -0.3 is 15.2 Å². The molecule has 94 valence electrons. The van der Waals surface area contributed by atoms with Gasteiger partial charge in [-0.15, -0.1) is 0 Å². The summed E-state index contributed by atoms with van der Waals surface area (Å²) in [5.41, 5.74) is 0.720. The molecule has 0 saturated heterocycles. The van der Waals surface area contributed by atoms with Gasteiger partial charge in [0.1, 0.15) is 11.8 Å². The van der Waals surface area contributed by atoms with E-state index in [2.05, 4.69) is 5.32 Å². The van der Waals surface area contributed by atoms with E-state index in [9.17, 15) is 4.79 Å². The molecule has 1 unspecified atom stereocenters. The van der Waals surface area contributed by atoms with Crippen LogP contribution in [0.1, 0.15) is 12.5 Å². The first-order chi connectivity index (χ1) is 7.95. The zero-order valence-electron chi connectivity index (χ0n) is 9.46. The van der Waals surface area contributed by atoms with Gasteiger partial charge in [-0.2, -0.15) is 0 Å². The molecule has 0 aromatic heterocycles. The lowest BCUT2D eigenvalue weighted by atomic mass is 10.2. The number of halogens is 2. The number of carboxylic acids is 1. The first-order valence-electron chi connectivity index (χ1n) is 4.93. The van der Waals surface area contributed by atoms with E-state index in [1.165, 1.54) is 7.11 Å². The molecule has 0 saturated carbocycles. The van der Waals surface area contributed by atoms with Crippen LogP contribution >= 0.6 is 23.2 Å². The standard InChI is InChI=1S/C11H13Cl2NO3/c1-6(11(15)16)14-5-7-3-8(12)4-9(13)10(7)17-2/h3-4,6,14H,5H2,1-2H3,(H,15,16). The highest BCUT2D eigenvalue weighted by Crippen LogP contribution is 2.32. The molecule has 1 atom stereocenters. The van der Waals surface area contributed by atoms with Crippen molar-refractivity contribution in [1.82, 2.24) is 5.32 Å². The summed E-state index contributed by atoms with van der Waals surface area (Å²) in [4.78, 5) is 10.7. The van der Waals surface area contributed by atoms with Crippen molar-refractivity contribution in [3.05, 3.63) is 27.7 Å². The van der Waals surface area contributed by atoms with Crippen LogP contribution in [0.2, 0.25) is 10.0 Å². The van der Waals surface area contributed by atoms with Crippen LogP contribution in [0.15, 0.2) is 12.1 Å². The summed E-state index contributed by atoms with van der Waals surface area (Å²) >= 11 is 11.8. The number of benzene rings is 1. The molecule has 0 bridgehead atoms. The largest absolute Gasteiger partial charge is 0.495 e. The van der Waals surface area contributed by atoms with Crippen molar-refractivity contribution in [3.63, 3.8) is 0 Å². The third-order valence-corrected chi connectivity index (χ3v) is 2.76. The van der Waals surface area contributed by atoms with Crippen molar-refractivity contribution in [2.45, 2.75) is 19.5 Å². The molecule has 6 heteroatoms. The fourth-order valence-corrected chi connectivity index (χ4v) is 1.94. The Morgan fingerprint density at radius 1 is 1.53 bits per heavy atom. The summed E-state index contributed by atoms with van der Waals surface area (Å²) in [5.74, 6) is -0.418. The number of methoxy groups -OCH3 is 1. The summed E-state index contributed by atoms with van der Waals surface area (Å²) in [6.07, 6.45) is 0. The van der Waals surface area contributed by atoms with Gasteiger partial charge in [0.15, 0.2) is 0 Å². The van der Waals surface area contributed by atoms with E-state index in [0.717, 1.165) is 5.56 Å². The van der Waals surface area contributed by atoms with Crippen molar-refractivity contribution in [1.29, 1.82) is 0 Å². The maximum Gasteiger partial charge on any atom is 0.320 e. The molecule has 4 nitrogen and oxygen atoms in total. The monoisotopic (exact) mass is 277 g/mol. The highest BCUT2D eigenvalue weighted by Gasteiger charge is 2.13. The Bertz CT molecular complexity index is 423. The summed E-state index contributed by atoms with van der Waals surface area (Å²) in [7, 11) is 1.50. The maximum atomic E-state index is 10.7. The lowest BCUT2D eigenvalue weighted by Crippen LogP contribution is -2.33. The van der Waals surface area contributed by atoms with Gasteiger partial charge in [0.25, 0.3) is 0 Å². The highest BCUT2D eigenvalue weighted by molar-refractivity contribution is 6.35. The topological polar surface area (TPSA) is 58.6 Å². The van der Waals surface area contributed by atoms with Crippen LogP contribution in [0, 0.1) is 0 Å². The zero-order valence-corrected chi connectivity index (χ0v) is 11.0. The predicted molar refractivity (Wildman–Crippen MR) is 67.0 cm³/mol. The second-order valence-corrected chi connectivity index (χ2v) is 4.36. The van der Waals surface area contributed by atoms with E-state index >= 15 is 0 Å². The fraction of sp³-hybridized carbons (Fsp3) is 0.364. The van der Waals surface area contributed by atoms with Crippen molar-refractivity contribution in [2.24, 2.45) is 0 Å². The third kappa shape index (κ3) is 3.77. The Hall–Kier alpha value is -0.970. The molecule has 0 heterocycles. The molecule has 1 rings (SSSR count). The van der Waals surface area contributed by atoms with E-state index < -0.39 is 12.0 Å². The number of carbonyl (C=O) groups is 1. The predicted octanol–water partition coefficient (Wildman–Crippen LogP) is 2.56. The Morgan fingerprint density at radius 3 is 2.71 bits per heavy atom. The molecule has 0 aliphatic heterocycles. The molecule has 0 aliphatic carbocycles. The maximum absolute atomic E-state index is 10.7. The molecule has 0 spiro atoms. The van der Waals surface area contributed by atoms with Gasteiger partial charge in [0.05, 0.1) is 12.1 Å². The summed E-state index contributed by atoms with van der Waals surface area (Å²) in [5, 5.41) is 12.5. The molecule has 1 aromatic rings. The first-order valence-corrected chi connectivity index (χ1v) is 5.69. The summed E-state index contributed by atoms with van der Waals surface area (Å²) in [6.45, 7) is 1.87. The van der Waals surface area contributed by atoms with E-state index in [1.807, 2.05) is 0 Å². The van der Waals surface area contributed by atoms with Crippen LogP contribution in [0.5, 0.6) is 5.75 Å². The minimum Gasteiger partial charge on any atom is -0.495 e. The fourth-order valence-electron chi connectivity index (χ4n) is 1.32. The van der Waals surface area contributed by atoms with Crippen LogP contribution in [0.25, 0.3) is 0 Å². The number of hydrogen-bond acceptors (Lipinski definition) is 3. The number of ether oxygens (including phenoxy) is 1. The molecule has 0 radical (unpaired) electrons. The lowest BCUT2D eigenvalue weighted by molar-refractivity contribution is -0.139. The zero-order chi connectivity index (χ0) is 13.0. The molecule has 0 fully saturated rings. The van der Waals surface area contributed by atoms with E-state index in [-0.39, 0.29) is 0 Å². The Morgan fingerprint density at radius 2 is 2.18 bits per heavy atom. The molecule has 0 amide bonds. The first kappa shape index (κ1) is 14.1. The van der Waals surface area contributed by atoms with Gasteiger partial charge in [-0.1, -0.05) is 23.2 Å². The van der Waals surface area contributed by atoms with Crippen LogP contribution < -0.4 is 10.1 Å². The smallest absolute Gasteiger partial charge is 0.320 e. The van der Waals surface area contributed by atoms with Crippen LogP contribution in [0.4, 0.5) is 0 Å². The number of aliphatic carboxylic acids is 1. The molecule has 17 heavy (non-hydrogen) atoms. The van der Waals surface area contributed by atoms with Gasteiger partial charge in [0.2, 0.25) is 0 Å². The minimum atomic E-state index is -0.919. The number of carboxylic acid groups (broad SMARTS) is 1. The lowest BCUT2D eigenvalue weighted by Gasteiger charge is -2.13. The van der Waals surface area contributed by atoms with Crippen molar-refractivity contribution in [2.75, 3.05) is 7.11 Å². The Labute approximate surface area is 109 Å². The Balaban J connectivity index is 2.86. The average Bonchev–Trinajstić information content (AvgIpc) is 2.24. The molecular formula is C11H13Cl2NO3. The summed E-state index contributed by atoms with van der Waals surface area (Å²) in [6, 6.07) is 2.61. The molecule has 2 N–H and O–H groups in total. The van der Waals surface area contributed by atoms with E-state index in [4.69, 9.17) is 33.0 Å². The van der Waals surface area contributed by atoms with Crippen molar-refractivity contribution >= 4 is 29.2 Å². The summed E-state index contributed by atoms with van der Waals surface area (Å²) < 4.78 is 5.15. The Kier molecular flexibility index (Phi) is 5.05. The van der Waals surface area contributed by atoms with Gasteiger partial charge >= 0.3 is 5.97 Å². The van der Waals surface area contributed by atoms with Gasteiger partial charge in [-0.25, -0.2) is 0 Å². The minimum absolute atomic E-state index is 0.316. The van der Waals surface area contributed by atoms with E-state index in [0.29, 0.717) is 22.3 Å². The van der Waals surface area contributed by atoms with E-state index in [1.54, 1.807) is 19.1 Å².